The number of hydrogen-bond acceptors (Lipinski definition) is 6. The molecule has 10 heteroatoms. The molecule has 0 fully saturated rings. The van der Waals surface area contributed by atoms with E-state index in [-0.39, 0.29) is 25.0 Å². The molecule has 0 bridgehead atoms. The zero-order chi connectivity index (χ0) is 20.4. The maximum absolute atomic E-state index is 12.5. The molecule has 0 unspecified atom stereocenters. The van der Waals surface area contributed by atoms with Gasteiger partial charge in [0.1, 0.15) is 12.1 Å². The van der Waals surface area contributed by atoms with E-state index in [1.165, 1.54) is 0 Å². The third-order valence-electron chi connectivity index (χ3n) is 3.71. The van der Waals surface area contributed by atoms with Gasteiger partial charge in [-0.25, -0.2) is 4.79 Å². The molecule has 0 saturated heterocycles. The van der Waals surface area contributed by atoms with Gasteiger partial charge in [-0.1, -0.05) is 30.3 Å². The lowest BCUT2D eigenvalue weighted by Gasteiger charge is -2.22. The fraction of sp³-hybridized carbons (Fsp3) is 0.412. The Morgan fingerprint density at radius 3 is 2.11 bits per heavy atom. The molecule has 1 aromatic rings. The first-order chi connectivity index (χ1) is 12.7. The summed E-state index contributed by atoms with van der Waals surface area (Å²) in [5, 5.41) is 22.9. The van der Waals surface area contributed by atoms with E-state index in [4.69, 9.17) is 10.8 Å². The molecule has 0 aliphatic rings. The lowest BCUT2D eigenvalue weighted by Crippen LogP contribution is -2.55. The number of benzene rings is 1. The van der Waals surface area contributed by atoms with Crippen LogP contribution in [0, 0.1) is 0 Å². The van der Waals surface area contributed by atoms with Crippen LogP contribution in [0.1, 0.15) is 18.4 Å². The fourth-order valence-electron chi connectivity index (χ4n) is 2.22. The van der Waals surface area contributed by atoms with E-state index in [0.29, 0.717) is 5.56 Å². The summed E-state index contributed by atoms with van der Waals surface area (Å²) in [6.07, 6.45) is -0.549. The summed E-state index contributed by atoms with van der Waals surface area (Å²) in [4.78, 5) is 46.7. The van der Waals surface area contributed by atoms with E-state index in [1.807, 2.05) is 0 Å². The van der Waals surface area contributed by atoms with Crippen molar-refractivity contribution < 1.29 is 29.4 Å². The Morgan fingerprint density at radius 2 is 1.59 bits per heavy atom. The van der Waals surface area contributed by atoms with Crippen LogP contribution in [0.4, 0.5) is 0 Å². The molecule has 9 nitrogen and oxygen atoms in total. The van der Waals surface area contributed by atoms with E-state index >= 15 is 0 Å². The average molecular weight is 397 g/mol. The second kappa shape index (κ2) is 11.2. The molecule has 1 rings (SSSR count). The maximum Gasteiger partial charge on any atom is 0.326 e. The molecule has 0 aromatic heterocycles. The number of aliphatic carboxylic acids is 2. The van der Waals surface area contributed by atoms with E-state index in [2.05, 4.69) is 23.3 Å². The molecule has 0 aliphatic heterocycles. The smallest absolute Gasteiger partial charge is 0.326 e. The van der Waals surface area contributed by atoms with Crippen molar-refractivity contribution in [3.05, 3.63) is 35.9 Å². The van der Waals surface area contributed by atoms with Crippen LogP contribution in [0.3, 0.4) is 0 Å². The SMILES string of the molecule is N[C@@H](CS)C(=O)N[C@@H](CCC(=O)O)C(=O)N[C@@H](Cc1ccccc1)C(=O)O. The standard InChI is InChI=1S/C17H23N3O6S/c18-11(9-27)15(23)19-12(6-7-14(21)22)16(24)20-13(17(25)26)8-10-4-2-1-3-5-10/h1-5,11-13,27H,6-9,18H2,(H,19,23)(H,20,24)(H,21,22)(H,25,26)/t11-,12-,13-/m0/s1. The summed E-state index contributed by atoms with van der Waals surface area (Å²) in [6.45, 7) is 0. The van der Waals surface area contributed by atoms with Crippen molar-refractivity contribution in [3.63, 3.8) is 0 Å². The molecule has 2 amide bonds. The highest BCUT2D eigenvalue weighted by Gasteiger charge is 2.28. The Balaban J connectivity index is 2.85. The van der Waals surface area contributed by atoms with E-state index < -0.39 is 41.9 Å². The number of carbonyl (C=O) groups is 4. The molecule has 0 aliphatic carbocycles. The molecule has 1 aromatic carbocycles. The number of thiol groups is 1. The van der Waals surface area contributed by atoms with E-state index in [1.54, 1.807) is 30.3 Å². The third-order valence-corrected chi connectivity index (χ3v) is 4.10. The van der Waals surface area contributed by atoms with Crippen LogP contribution in [0.2, 0.25) is 0 Å². The van der Waals surface area contributed by atoms with Gasteiger partial charge in [-0.2, -0.15) is 12.6 Å². The number of nitrogens with two attached hydrogens (primary N) is 1. The average Bonchev–Trinajstić information content (AvgIpc) is 2.64. The highest BCUT2D eigenvalue weighted by Crippen LogP contribution is 2.06. The zero-order valence-corrected chi connectivity index (χ0v) is 15.4. The first-order valence-electron chi connectivity index (χ1n) is 8.20. The van der Waals surface area contributed by atoms with Gasteiger partial charge in [0.25, 0.3) is 0 Å². The Labute approximate surface area is 161 Å². The van der Waals surface area contributed by atoms with Crippen LogP contribution in [0.15, 0.2) is 30.3 Å². The minimum absolute atomic E-state index is 0.0326. The molecule has 0 saturated carbocycles. The maximum atomic E-state index is 12.5. The van der Waals surface area contributed by atoms with Crippen LogP contribution in [-0.4, -0.2) is 57.8 Å². The van der Waals surface area contributed by atoms with Gasteiger partial charge in [-0.3, -0.25) is 14.4 Å². The van der Waals surface area contributed by atoms with Crippen LogP contribution in [-0.2, 0) is 25.6 Å². The van der Waals surface area contributed by atoms with Crippen molar-refractivity contribution in [3.8, 4) is 0 Å². The number of rotatable bonds is 11. The number of carbonyl (C=O) groups excluding carboxylic acids is 2. The van der Waals surface area contributed by atoms with Crippen LogP contribution in [0.25, 0.3) is 0 Å². The topological polar surface area (TPSA) is 159 Å². The number of hydrogen-bond donors (Lipinski definition) is 6. The van der Waals surface area contributed by atoms with E-state index in [9.17, 15) is 24.3 Å². The summed E-state index contributed by atoms with van der Waals surface area (Å²) >= 11 is 3.89. The van der Waals surface area contributed by atoms with Crippen molar-refractivity contribution in [2.24, 2.45) is 5.73 Å². The molecule has 6 N–H and O–H groups in total. The van der Waals surface area contributed by atoms with Crippen LogP contribution in [0.5, 0.6) is 0 Å². The van der Waals surface area contributed by atoms with Gasteiger partial charge in [-0.05, 0) is 12.0 Å². The van der Waals surface area contributed by atoms with Gasteiger partial charge in [0.2, 0.25) is 11.8 Å². The van der Waals surface area contributed by atoms with Gasteiger partial charge in [0.15, 0.2) is 0 Å². The molecule has 3 atom stereocenters. The molecule has 0 radical (unpaired) electrons. The number of amides is 2. The molecule has 148 valence electrons. The molecular weight excluding hydrogens is 374 g/mol. The Kier molecular flexibility index (Phi) is 9.31. The summed E-state index contributed by atoms with van der Waals surface area (Å²) in [7, 11) is 0. The van der Waals surface area contributed by atoms with Gasteiger partial charge in [0.05, 0.1) is 6.04 Å². The second-order valence-corrected chi connectivity index (χ2v) is 6.24. The number of carboxylic acids is 2. The quantitative estimate of drug-likeness (QED) is 0.272. The molecule has 0 spiro atoms. The van der Waals surface area contributed by atoms with Crippen molar-refractivity contribution in [1.82, 2.24) is 10.6 Å². The normalized spacial score (nSPS) is 13.9. The summed E-state index contributed by atoms with van der Waals surface area (Å²) in [5.41, 5.74) is 6.24. The van der Waals surface area contributed by atoms with Crippen molar-refractivity contribution >= 4 is 36.4 Å². The van der Waals surface area contributed by atoms with Crippen molar-refractivity contribution in [2.75, 3.05) is 5.75 Å². The Bertz CT molecular complexity index is 670. The van der Waals surface area contributed by atoms with Gasteiger partial charge < -0.3 is 26.6 Å². The minimum atomic E-state index is -1.25. The minimum Gasteiger partial charge on any atom is -0.481 e. The molecule has 0 heterocycles. The summed E-state index contributed by atoms with van der Waals surface area (Å²) < 4.78 is 0. The van der Waals surface area contributed by atoms with Gasteiger partial charge in [-0.15, -0.1) is 0 Å². The highest BCUT2D eigenvalue weighted by molar-refractivity contribution is 7.80. The Morgan fingerprint density at radius 1 is 1.00 bits per heavy atom. The first-order valence-corrected chi connectivity index (χ1v) is 8.83. The monoisotopic (exact) mass is 397 g/mol. The summed E-state index contributed by atoms with van der Waals surface area (Å²) in [6, 6.07) is 5.26. The Hall–Kier alpha value is -2.59. The lowest BCUT2D eigenvalue weighted by atomic mass is 10.0. The summed E-state index contributed by atoms with van der Waals surface area (Å²) in [5.74, 6) is -3.84. The zero-order valence-electron chi connectivity index (χ0n) is 14.5. The first kappa shape index (κ1) is 22.5. The predicted octanol–water partition coefficient (Wildman–Crippen LogP) is -0.595. The fourth-order valence-corrected chi connectivity index (χ4v) is 2.39. The number of carboxylic acid groups (broad SMARTS) is 2. The van der Waals surface area contributed by atoms with Crippen LogP contribution >= 0.6 is 12.6 Å². The van der Waals surface area contributed by atoms with Crippen molar-refractivity contribution in [1.29, 1.82) is 0 Å². The van der Waals surface area contributed by atoms with E-state index in [0.717, 1.165) is 0 Å². The number of nitrogens with one attached hydrogen (secondary N) is 2. The highest BCUT2D eigenvalue weighted by atomic mass is 32.1. The lowest BCUT2D eigenvalue weighted by molar-refractivity contribution is -0.143. The van der Waals surface area contributed by atoms with Gasteiger partial charge >= 0.3 is 11.9 Å². The predicted molar refractivity (Wildman–Crippen MR) is 100 cm³/mol. The molecule has 27 heavy (non-hydrogen) atoms. The molecular formula is C17H23N3O6S. The second-order valence-electron chi connectivity index (χ2n) is 5.87. The van der Waals surface area contributed by atoms with Crippen molar-refractivity contribution in [2.45, 2.75) is 37.4 Å². The largest absolute Gasteiger partial charge is 0.481 e. The van der Waals surface area contributed by atoms with Crippen LogP contribution < -0.4 is 16.4 Å². The third kappa shape index (κ3) is 8.09. The van der Waals surface area contributed by atoms with Gasteiger partial charge in [0, 0.05) is 18.6 Å².